The van der Waals surface area contributed by atoms with Crippen LogP contribution >= 0.6 is 0 Å². The van der Waals surface area contributed by atoms with Crippen LogP contribution in [0.1, 0.15) is 19.3 Å². The van der Waals surface area contributed by atoms with Crippen molar-refractivity contribution in [1.29, 1.82) is 0 Å². The van der Waals surface area contributed by atoms with Gasteiger partial charge in [-0.2, -0.15) is 0 Å². The molecule has 2 aliphatic rings. The largest absolute Gasteiger partial charge is 0.382 e. The van der Waals surface area contributed by atoms with Crippen LogP contribution in [0.15, 0.2) is 0 Å². The molecule has 0 amide bonds. The quantitative estimate of drug-likeness (QED) is 0.565. The van der Waals surface area contributed by atoms with Gasteiger partial charge in [-0.25, -0.2) is 0 Å². The highest BCUT2D eigenvalue weighted by Crippen LogP contribution is 2.38. The summed E-state index contributed by atoms with van der Waals surface area (Å²) >= 11 is 0. The second-order valence-corrected chi connectivity index (χ2v) is 5.24. The highest BCUT2D eigenvalue weighted by molar-refractivity contribution is 4.93. The minimum Gasteiger partial charge on any atom is -0.382 e. The predicted octanol–water partition coefficient (Wildman–Crippen LogP) is 0.823. The molecule has 0 aromatic heterocycles. The first-order valence-electron chi connectivity index (χ1n) is 7.41. The molecule has 1 saturated carbocycles. The Morgan fingerprint density at radius 1 is 1.00 bits per heavy atom. The minimum atomic E-state index is 0.456. The summed E-state index contributed by atoms with van der Waals surface area (Å²) in [4.78, 5) is 0. The van der Waals surface area contributed by atoms with Crippen molar-refractivity contribution < 1.29 is 18.9 Å². The number of nitrogens with one attached hydrogen (secondary N) is 1. The molecule has 19 heavy (non-hydrogen) atoms. The van der Waals surface area contributed by atoms with Crippen LogP contribution in [0.25, 0.3) is 0 Å². The Morgan fingerprint density at radius 2 is 1.74 bits per heavy atom. The van der Waals surface area contributed by atoms with Crippen LogP contribution < -0.4 is 5.32 Å². The molecule has 2 atom stereocenters. The monoisotopic (exact) mass is 273 g/mol. The molecule has 1 aliphatic carbocycles. The van der Waals surface area contributed by atoms with E-state index in [-0.39, 0.29) is 0 Å². The number of hydrogen-bond acceptors (Lipinski definition) is 5. The smallest absolute Gasteiger partial charge is 0.0756 e. The average Bonchev–Trinajstić information content (AvgIpc) is 3.16. The van der Waals surface area contributed by atoms with E-state index in [4.69, 9.17) is 18.9 Å². The third-order valence-electron chi connectivity index (χ3n) is 3.68. The Morgan fingerprint density at radius 3 is 2.47 bits per heavy atom. The molecule has 1 N–H and O–H groups in total. The third kappa shape index (κ3) is 5.75. The van der Waals surface area contributed by atoms with E-state index < -0.39 is 0 Å². The zero-order valence-corrected chi connectivity index (χ0v) is 11.9. The van der Waals surface area contributed by atoms with Gasteiger partial charge < -0.3 is 24.3 Å². The van der Waals surface area contributed by atoms with Crippen LogP contribution in [0.2, 0.25) is 0 Å². The molecule has 1 saturated heterocycles. The standard InChI is InChI=1S/C14H27NO4/c1-16-8-9-18-11-10-17-7-5-15-13-4-6-19-14(13)12-2-3-12/h12-15H,2-11H2,1H3. The molecule has 2 rings (SSSR count). The normalized spacial score (nSPS) is 27.0. The Hall–Kier alpha value is -0.200. The molecule has 1 heterocycles. The maximum Gasteiger partial charge on any atom is 0.0756 e. The second kappa shape index (κ2) is 8.87. The maximum atomic E-state index is 5.79. The number of hydrogen-bond donors (Lipinski definition) is 1. The first-order valence-corrected chi connectivity index (χ1v) is 7.41. The second-order valence-electron chi connectivity index (χ2n) is 5.24. The van der Waals surface area contributed by atoms with Gasteiger partial charge in [-0.15, -0.1) is 0 Å². The topological polar surface area (TPSA) is 49.0 Å². The molecule has 0 bridgehead atoms. The van der Waals surface area contributed by atoms with Gasteiger partial charge in [-0.3, -0.25) is 0 Å². The third-order valence-corrected chi connectivity index (χ3v) is 3.68. The predicted molar refractivity (Wildman–Crippen MR) is 72.4 cm³/mol. The maximum absolute atomic E-state index is 5.79. The average molecular weight is 273 g/mol. The van der Waals surface area contributed by atoms with E-state index in [1.165, 1.54) is 12.8 Å². The van der Waals surface area contributed by atoms with E-state index in [2.05, 4.69) is 5.32 Å². The van der Waals surface area contributed by atoms with Crippen molar-refractivity contribution in [3.63, 3.8) is 0 Å². The van der Waals surface area contributed by atoms with Crippen LogP contribution in [0.5, 0.6) is 0 Å². The molecule has 112 valence electrons. The Balaban J connectivity index is 1.39. The van der Waals surface area contributed by atoms with Crippen molar-refractivity contribution in [1.82, 2.24) is 5.32 Å². The molecule has 5 heteroatoms. The molecule has 0 aromatic carbocycles. The molecule has 0 radical (unpaired) electrons. The number of rotatable bonds is 11. The number of ether oxygens (including phenoxy) is 4. The van der Waals surface area contributed by atoms with Crippen molar-refractivity contribution >= 4 is 0 Å². The van der Waals surface area contributed by atoms with Gasteiger partial charge in [0.25, 0.3) is 0 Å². The van der Waals surface area contributed by atoms with Gasteiger partial charge in [-0.1, -0.05) is 0 Å². The molecule has 2 unspecified atom stereocenters. The highest BCUT2D eigenvalue weighted by Gasteiger charge is 2.40. The van der Waals surface area contributed by atoms with E-state index in [0.29, 0.717) is 38.6 Å². The molecular formula is C14H27NO4. The van der Waals surface area contributed by atoms with Crippen LogP contribution in [0, 0.1) is 5.92 Å². The van der Waals surface area contributed by atoms with Gasteiger partial charge in [0.05, 0.1) is 39.1 Å². The highest BCUT2D eigenvalue weighted by atomic mass is 16.5. The van der Waals surface area contributed by atoms with Crippen molar-refractivity contribution in [3.8, 4) is 0 Å². The van der Waals surface area contributed by atoms with Gasteiger partial charge >= 0.3 is 0 Å². The van der Waals surface area contributed by atoms with Crippen LogP contribution in [0.4, 0.5) is 0 Å². The van der Waals surface area contributed by atoms with Gasteiger partial charge in [0.15, 0.2) is 0 Å². The van der Waals surface area contributed by atoms with Crippen LogP contribution in [-0.2, 0) is 18.9 Å². The zero-order valence-electron chi connectivity index (χ0n) is 11.9. The SMILES string of the molecule is COCCOCCOCCNC1CCOC1C1CC1. The fraction of sp³-hybridized carbons (Fsp3) is 1.00. The Labute approximate surface area is 115 Å². The Kier molecular flexibility index (Phi) is 7.09. The molecule has 2 fully saturated rings. The molecular weight excluding hydrogens is 246 g/mol. The molecule has 5 nitrogen and oxygen atoms in total. The summed E-state index contributed by atoms with van der Waals surface area (Å²) in [5.74, 6) is 0.815. The number of methoxy groups -OCH3 is 1. The van der Waals surface area contributed by atoms with Gasteiger partial charge in [0.1, 0.15) is 0 Å². The lowest BCUT2D eigenvalue weighted by atomic mass is 10.1. The summed E-state index contributed by atoms with van der Waals surface area (Å²) in [6.07, 6.45) is 4.29. The minimum absolute atomic E-state index is 0.456. The van der Waals surface area contributed by atoms with E-state index in [1.54, 1.807) is 7.11 Å². The first-order chi connectivity index (χ1) is 9.42. The lowest BCUT2D eigenvalue weighted by molar-refractivity contribution is 0.0242. The van der Waals surface area contributed by atoms with E-state index in [0.717, 1.165) is 32.1 Å². The van der Waals surface area contributed by atoms with Crippen molar-refractivity contribution in [2.75, 3.05) is 53.3 Å². The van der Waals surface area contributed by atoms with Gasteiger partial charge in [0.2, 0.25) is 0 Å². The fourth-order valence-corrected chi connectivity index (χ4v) is 2.50. The van der Waals surface area contributed by atoms with Crippen molar-refractivity contribution in [2.45, 2.75) is 31.4 Å². The summed E-state index contributed by atoms with van der Waals surface area (Å²) in [5, 5.41) is 3.55. The van der Waals surface area contributed by atoms with Crippen LogP contribution in [-0.4, -0.2) is 65.4 Å². The summed E-state index contributed by atoms with van der Waals surface area (Å²) in [6, 6.07) is 0.536. The molecule has 0 spiro atoms. The van der Waals surface area contributed by atoms with Crippen molar-refractivity contribution in [2.24, 2.45) is 5.92 Å². The summed E-state index contributed by atoms with van der Waals surface area (Å²) in [6.45, 7) is 5.12. The van der Waals surface area contributed by atoms with E-state index in [1.807, 2.05) is 0 Å². The van der Waals surface area contributed by atoms with Crippen LogP contribution in [0.3, 0.4) is 0 Å². The summed E-state index contributed by atoms with van der Waals surface area (Å²) in [5.41, 5.74) is 0. The summed E-state index contributed by atoms with van der Waals surface area (Å²) in [7, 11) is 1.67. The fourth-order valence-electron chi connectivity index (χ4n) is 2.50. The van der Waals surface area contributed by atoms with E-state index >= 15 is 0 Å². The Bertz CT molecular complexity index is 235. The summed E-state index contributed by atoms with van der Waals surface area (Å²) < 4.78 is 21.5. The lowest BCUT2D eigenvalue weighted by Crippen LogP contribution is -2.39. The van der Waals surface area contributed by atoms with Gasteiger partial charge in [-0.05, 0) is 25.2 Å². The lowest BCUT2D eigenvalue weighted by Gasteiger charge is -2.19. The zero-order chi connectivity index (χ0) is 13.3. The van der Waals surface area contributed by atoms with E-state index in [9.17, 15) is 0 Å². The van der Waals surface area contributed by atoms with Gasteiger partial charge in [0, 0.05) is 26.3 Å². The van der Waals surface area contributed by atoms with Crippen molar-refractivity contribution in [3.05, 3.63) is 0 Å². The molecule has 1 aliphatic heterocycles. The molecule has 0 aromatic rings. The first kappa shape index (κ1) is 15.2.